The van der Waals surface area contributed by atoms with Crippen molar-refractivity contribution < 1.29 is 4.74 Å². The van der Waals surface area contributed by atoms with Crippen molar-refractivity contribution in [3.8, 4) is 23.8 Å². The van der Waals surface area contributed by atoms with E-state index in [4.69, 9.17) is 15.3 Å². The number of rotatable bonds is 2. The zero-order valence-electron chi connectivity index (χ0n) is 8.79. The van der Waals surface area contributed by atoms with E-state index >= 15 is 0 Å². The van der Waals surface area contributed by atoms with Crippen molar-refractivity contribution in [2.75, 3.05) is 0 Å². The summed E-state index contributed by atoms with van der Waals surface area (Å²) in [4.78, 5) is 3.97. The van der Waals surface area contributed by atoms with Crippen LogP contribution in [0.15, 0.2) is 42.6 Å². The zero-order valence-corrected chi connectivity index (χ0v) is 8.79. The maximum absolute atomic E-state index is 8.91. The Hall–Kier alpha value is -2.85. The first-order valence-electron chi connectivity index (χ1n) is 4.87. The number of hydrogen-bond acceptors (Lipinski definition) is 4. The Morgan fingerprint density at radius 1 is 0.941 bits per heavy atom. The van der Waals surface area contributed by atoms with Crippen LogP contribution >= 0.6 is 0 Å². The van der Waals surface area contributed by atoms with Crippen molar-refractivity contribution in [1.82, 2.24) is 4.98 Å². The monoisotopic (exact) mass is 221 g/mol. The van der Waals surface area contributed by atoms with Gasteiger partial charge in [-0.2, -0.15) is 10.5 Å². The number of pyridine rings is 1. The molecule has 1 aromatic carbocycles. The molecule has 0 saturated carbocycles. The van der Waals surface area contributed by atoms with Gasteiger partial charge in [0.15, 0.2) is 0 Å². The second kappa shape index (κ2) is 4.78. The molecule has 1 aromatic heterocycles. The lowest BCUT2D eigenvalue weighted by Gasteiger charge is -2.06. The maximum atomic E-state index is 8.91. The van der Waals surface area contributed by atoms with Crippen LogP contribution in [0.3, 0.4) is 0 Å². The van der Waals surface area contributed by atoms with E-state index in [0.717, 1.165) is 0 Å². The average molecular weight is 221 g/mol. The minimum absolute atomic E-state index is 0.206. The molecular weight excluding hydrogens is 214 g/mol. The van der Waals surface area contributed by atoms with Gasteiger partial charge in [-0.1, -0.05) is 12.1 Å². The highest BCUT2D eigenvalue weighted by molar-refractivity contribution is 5.46. The molecule has 0 amide bonds. The molecule has 0 bridgehead atoms. The van der Waals surface area contributed by atoms with Crippen LogP contribution in [-0.4, -0.2) is 4.98 Å². The summed E-state index contributed by atoms with van der Waals surface area (Å²) in [7, 11) is 0. The molecule has 2 rings (SSSR count). The number of aromatic nitrogens is 1. The minimum Gasteiger partial charge on any atom is -0.436 e. The number of ether oxygens (including phenoxy) is 1. The van der Waals surface area contributed by atoms with Gasteiger partial charge in [-0.15, -0.1) is 0 Å². The molecule has 0 aliphatic rings. The molecule has 0 N–H and O–H groups in total. The van der Waals surface area contributed by atoms with E-state index in [1.807, 2.05) is 12.1 Å². The average Bonchev–Trinajstić information content (AvgIpc) is 2.40. The first-order chi connectivity index (χ1) is 8.35. The van der Waals surface area contributed by atoms with Crippen molar-refractivity contribution in [1.29, 1.82) is 10.5 Å². The van der Waals surface area contributed by atoms with E-state index in [2.05, 4.69) is 4.98 Å². The van der Waals surface area contributed by atoms with Crippen LogP contribution in [0.1, 0.15) is 11.1 Å². The fourth-order valence-electron chi connectivity index (χ4n) is 1.31. The molecule has 80 valence electrons. The molecule has 4 nitrogen and oxygen atoms in total. The topological polar surface area (TPSA) is 69.7 Å². The summed E-state index contributed by atoms with van der Waals surface area (Å²) in [6.07, 6.45) is 1.53. The molecule has 0 radical (unpaired) electrons. The van der Waals surface area contributed by atoms with E-state index in [0.29, 0.717) is 16.9 Å². The predicted molar refractivity (Wildman–Crippen MR) is 60.2 cm³/mol. The summed E-state index contributed by atoms with van der Waals surface area (Å²) in [6, 6.07) is 14.1. The summed E-state index contributed by atoms with van der Waals surface area (Å²) in [6.45, 7) is 0. The first-order valence-corrected chi connectivity index (χ1v) is 4.87. The van der Waals surface area contributed by atoms with E-state index in [1.165, 1.54) is 6.20 Å². The summed E-state index contributed by atoms with van der Waals surface area (Å²) in [5.41, 5.74) is 0.738. The largest absolute Gasteiger partial charge is 0.436 e. The fraction of sp³-hybridized carbons (Fsp3) is 0. The standard InChI is InChI=1S/C13H7N3O/c14-8-10-4-1-2-6-12(10)17-13-11(9-15)5-3-7-16-13/h1-7H. The van der Waals surface area contributed by atoms with E-state index < -0.39 is 0 Å². The van der Waals surface area contributed by atoms with Gasteiger partial charge < -0.3 is 4.74 Å². The van der Waals surface area contributed by atoms with Crippen molar-refractivity contribution >= 4 is 0 Å². The molecule has 1 heterocycles. The van der Waals surface area contributed by atoms with Gasteiger partial charge in [0.05, 0.1) is 5.56 Å². The van der Waals surface area contributed by atoms with Crippen LogP contribution < -0.4 is 4.74 Å². The number of benzene rings is 1. The molecule has 2 aromatic rings. The molecule has 4 heteroatoms. The van der Waals surface area contributed by atoms with Crippen LogP contribution in [0.25, 0.3) is 0 Å². The lowest BCUT2D eigenvalue weighted by atomic mass is 10.2. The van der Waals surface area contributed by atoms with Gasteiger partial charge in [0.2, 0.25) is 5.88 Å². The summed E-state index contributed by atoms with van der Waals surface area (Å²) in [5, 5.41) is 17.8. The molecule has 0 unspecified atom stereocenters. The highest BCUT2D eigenvalue weighted by Gasteiger charge is 2.08. The molecular formula is C13H7N3O. The first kappa shape index (κ1) is 10.7. The third kappa shape index (κ3) is 2.22. The highest BCUT2D eigenvalue weighted by atomic mass is 16.5. The van der Waals surface area contributed by atoms with Gasteiger partial charge in [0.1, 0.15) is 23.5 Å². The predicted octanol–water partition coefficient (Wildman–Crippen LogP) is 2.62. The molecule has 0 atom stereocenters. The van der Waals surface area contributed by atoms with Crippen LogP contribution in [0, 0.1) is 22.7 Å². The van der Waals surface area contributed by atoms with E-state index in [-0.39, 0.29) is 5.88 Å². The Morgan fingerprint density at radius 3 is 2.41 bits per heavy atom. The normalized spacial score (nSPS) is 9.06. The Balaban J connectivity index is 2.40. The Bertz CT molecular complexity index is 568. The minimum atomic E-state index is 0.206. The van der Waals surface area contributed by atoms with Crippen LogP contribution in [0.2, 0.25) is 0 Å². The van der Waals surface area contributed by atoms with Crippen LogP contribution in [0.4, 0.5) is 0 Å². The summed E-state index contributed by atoms with van der Waals surface area (Å²) < 4.78 is 5.47. The molecule has 17 heavy (non-hydrogen) atoms. The second-order valence-electron chi connectivity index (χ2n) is 3.18. The summed E-state index contributed by atoms with van der Waals surface area (Å²) >= 11 is 0. The van der Waals surface area contributed by atoms with Crippen molar-refractivity contribution in [3.05, 3.63) is 53.7 Å². The molecule has 0 fully saturated rings. The van der Waals surface area contributed by atoms with Gasteiger partial charge >= 0.3 is 0 Å². The summed E-state index contributed by atoms with van der Waals surface area (Å²) in [5.74, 6) is 0.600. The molecule has 0 saturated heterocycles. The maximum Gasteiger partial charge on any atom is 0.237 e. The lowest BCUT2D eigenvalue weighted by molar-refractivity contribution is 0.460. The van der Waals surface area contributed by atoms with E-state index in [1.54, 1.807) is 36.4 Å². The van der Waals surface area contributed by atoms with Crippen LogP contribution in [0.5, 0.6) is 11.6 Å². The zero-order chi connectivity index (χ0) is 12.1. The van der Waals surface area contributed by atoms with Crippen LogP contribution in [-0.2, 0) is 0 Å². The molecule has 0 spiro atoms. The number of para-hydroxylation sites is 1. The number of hydrogen-bond donors (Lipinski definition) is 0. The SMILES string of the molecule is N#Cc1ccccc1Oc1ncccc1C#N. The fourth-order valence-corrected chi connectivity index (χ4v) is 1.31. The lowest BCUT2D eigenvalue weighted by Crippen LogP contribution is -1.93. The van der Waals surface area contributed by atoms with Crippen molar-refractivity contribution in [3.63, 3.8) is 0 Å². The quantitative estimate of drug-likeness (QED) is 0.781. The van der Waals surface area contributed by atoms with Gasteiger partial charge in [-0.3, -0.25) is 0 Å². The highest BCUT2D eigenvalue weighted by Crippen LogP contribution is 2.25. The third-order valence-electron chi connectivity index (χ3n) is 2.11. The second-order valence-corrected chi connectivity index (χ2v) is 3.18. The Kier molecular flexibility index (Phi) is 3.00. The third-order valence-corrected chi connectivity index (χ3v) is 2.11. The van der Waals surface area contributed by atoms with Crippen molar-refractivity contribution in [2.45, 2.75) is 0 Å². The molecule has 0 aliphatic heterocycles. The van der Waals surface area contributed by atoms with Gasteiger partial charge in [-0.25, -0.2) is 4.98 Å². The Morgan fingerprint density at radius 2 is 1.65 bits per heavy atom. The van der Waals surface area contributed by atoms with E-state index in [9.17, 15) is 0 Å². The van der Waals surface area contributed by atoms with Crippen molar-refractivity contribution in [2.24, 2.45) is 0 Å². The van der Waals surface area contributed by atoms with Gasteiger partial charge in [0.25, 0.3) is 0 Å². The smallest absolute Gasteiger partial charge is 0.237 e. The number of nitriles is 2. The molecule has 0 aliphatic carbocycles. The number of nitrogens with zero attached hydrogens (tertiary/aromatic N) is 3. The van der Waals surface area contributed by atoms with Gasteiger partial charge in [-0.05, 0) is 24.3 Å². The Labute approximate surface area is 98.3 Å². The van der Waals surface area contributed by atoms with Gasteiger partial charge in [0, 0.05) is 6.20 Å².